The van der Waals surface area contributed by atoms with Crippen LogP contribution in [-0.4, -0.2) is 23.0 Å². The van der Waals surface area contributed by atoms with Crippen LogP contribution in [0.2, 0.25) is 0 Å². The fourth-order valence-electron chi connectivity index (χ4n) is 2.35. The predicted octanol–water partition coefficient (Wildman–Crippen LogP) is 3.12. The van der Waals surface area contributed by atoms with E-state index in [2.05, 4.69) is 35.0 Å². The first-order valence-corrected chi connectivity index (χ1v) is 7.24. The van der Waals surface area contributed by atoms with Gasteiger partial charge in [-0.25, -0.2) is 0 Å². The molecule has 0 unspecified atom stereocenters. The van der Waals surface area contributed by atoms with Gasteiger partial charge in [0.2, 0.25) is 0 Å². The van der Waals surface area contributed by atoms with Crippen molar-refractivity contribution in [1.29, 1.82) is 0 Å². The Hall–Kier alpha value is -1.87. The van der Waals surface area contributed by atoms with Gasteiger partial charge in [-0.2, -0.15) is 0 Å². The molecule has 0 aliphatic carbocycles. The van der Waals surface area contributed by atoms with Crippen LogP contribution < -0.4 is 5.73 Å². The molecule has 3 nitrogen and oxygen atoms in total. The largest absolute Gasteiger partial charge is 0.399 e. The maximum Gasteiger partial charge on any atom is 0.0416 e. The summed E-state index contributed by atoms with van der Waals surface area (Å²) >= 11 is 0. The number of nitrogens with two attached hydrogens (primary N) is 1. The minimum Gasteiger partial charge on any atom is -0.399 e. The van der Waals surface area contributed by atoms with E-state index in [1.807, 2.05) is 30.5 Å². The van der Waals surface area contributed by atoms with E-state index in [0.717, 1.165) is 43.9 Å². The highest BCUT2D eigenvalue weighted by molar-refractivity contribution is 5.40. The van der Waals surface area contributed by atoms with Crippen LogP contribution in [-0.2, 0) is 13.0 Å². The summed E-state index contributed by atoms with van der Waals surface area (Å²) in [5.41, 5.74) is 9.11. The van der Waals surface area contributed by atoms with E-state index in [1.54, 1.807) is 0 Å². The monoisotopic (exact) mass is 269 g/mol. The summed E-state index contributed by atoms with van der Waals surface area (Å²) in [5, 5.41) is 0. The number of aromatic nitrogens is 1. The molecule has 0 saturated heterocycles. The minimum atomic E-state index is 0.837. The second-order valence-corrected chi connectivity index (χ2v) is 5.09. The standard InChI is InChI=1S/C17H23N3/c1-2-11-20(12-9-17-8-3-4-10-19-17)14-15-6-5-7-16(18)13-15/h3-8,10,13H,2,9,11-12,14,18H2,1H3. The van der Waals surface area contributed by atoms with Gasteiger partial charge in [0, 0.05) is 37.1 Å². The van der Waals surface area contributed by atoms with Crippen LogP contribution in [0.15, 0.2) is 48.7 Å². The average Bonchev–Trinajstić information content (AvgIpc) is 2.46. The Morgan fingerprint density at radius 1 is 1.10 bits per heavy atom. The zero-order valence-corrected chi connectivity index (χ0v) is 12.1. The zero-order valence-electron chi connectivity index (χ0n) is 12.1. The summed E-state index contributed by atoms with van der Waals surface area (Å²) in [7, 11) is 0. The van der Waals surface area contributed by atoms with Crippen molar-refractivity contribution in [3.63, 3.8) is 0 Å². The van der Waals surface area contributed by atoms with Crippen molar-refractivity contribution in [3.05, 3.63) is 59.9 Å². The summed E-state index contributed by atoms with van der Waals surface area (Å²) in [6, 6.07) is 14.2. The first-order chi connectivity index (χ1) is 9.78. The maximum absolute atomic E-state index is 5.84. The molecule has 3 heteroatoms. The van der Waals surface area contributed by atoms with Gasteiger partial charge in [0.1, 0.15) is 0 Å². The van der Waals surface area contributed by atoms with Crippen LogP contribution in [0, 0.1) is 0 Å². The van der Waals surface area contributed by atoms with Gasteiger partial charge in [0.25, 0.3) is 0 Å². The number of nitrogen functional groups attached to an aromatic ring is 1. The van der Waals surface area contributed by atoms with Gasteiger partial charge in [0.05, 0.1) is 0 Å². The second-order valence-electron chi connectivity index (χ2n) is 5.09. The van der Waals surface area contributed by atoms with Crippen molar-refractivity contribution in [2.24, 2.45) is 0 Å². The molecule has 0 aliphatic heterocycles. The first-order valence-electron chi connectivity index (χ1n) is 7.24. The van der Waals surface area contributed by atoms with Gasteiger partial charge >= 0.3 is 0 Å². The summed E-state index contributed by atoms with van der Waals surface area (Å²) in [6.45, 7) is 5.29. The molecule has 0 spiro atoms. The Balaban J connectivity index is 1.93. The van der Waals surface area contributed by atoms with Gasteiger partial charge in [0.15, 0.2) is 0 Å². The Kier molecular flexibility index (Phi) is 5.56. The lowest BCUT2D eigenvalue weighted by molar-refractivity contribution is 0.268. The number of anilines is 1. The molecule has 2 rings (SSSR count). The van der Waals surface area contributed by atoms with Crippen molar-refractivity contribution in [1.82, 2.24) is 9.88 Å². The molecule has 1 heterocycles. The second kappa shape index (κ2) is 7.65. The molecule has 0 atom stereocenters. The quantitative estimate of drug-likeness (QED) is 0.785. The highest BCUT2D eigenvalue weighted by Gasteiger charge is 2.06. The van der Waals surface area contributed by atoms with Gasteiger partial charge in [-0.15, -0.1) is 0 Å². The molecule has 1 aromatic heterocycles. The average molecular weight is 269 g/mol. The molecule has 0 saturated carbocycles. The number of hydrogen-bond acceptors (Lipinski definition) is 3. The first kappa shape index (κ1) is 14.5. The van der Waals surface area contributed by atoms with Gasteiger partial charge < -0.3 is 5.73 Å². The number of nitrogens with zero attached hydrogens (tertiary/aromatic N) is 2. The molecule has 0 bridgehead atoms. The van der Waals surface area contributed by atoms with Gasteiger partial charge in [-0.3, -0.25) is 9.88 Å². The van der Waals surface area contributed by atoms with Crippen LogP contribution in [0.4, 0.5) is 5.69 Å². The Labute approximate surface area is 121 Å². The molecule has 2 aromatic rings. The normalized spacial score (nSPS) is 10.9. The Morgan fingerprint density at radius 2 is 2.00 bits per heavy atom. The Bertz CT molecular complexity index is 511. The molecule has 106 valence electrons. The van der Waals surface area contributed by atoms with E-state index < -0.39 is 0 Å². The topological polar surface area (TPSA) is 42.2 Å². The van der Waals surface area contributed by atoms with E-state index in [9.17, 15) is 0 Å². The van der Waals surface area contributed by atoms with Crippen LogP contribution in [0.5, 0.6) is 0 Å². The molecule has 0 radical (unpaired) electrons. The van der Waals surface area contributed by atoms with E-state index in [4.69, 9.17) is 5.73 Å². The molecule has 0 fully saturated rings. The van der Waals surface area contributed by atoms with E-state index in [0.29, 0.717) is 0 Å². The van der Waals surface area contributed by atoms with Crippen molar-refractivity contribution >= 4 is 5.69 Å². The molecular weight excluding hydrogens is 246 g/mol. The summed E-state index contributed by atoms with van der Waals surface area (Å²) in [4.78, 5) is 6.85. The molecule has 0 amide bonds. The molecule has 1 aromatic carbocycles. The van der Waals surface area contributed by atoms with Crippen LogP contribution in [0.1, 0.15) is 24.6 Å². The highest BCUT2D eigenvalue weighted by atomic mass is 15.1. The third kappa shape index (κ3) is 4.67. The molecule has 0 aliphatic rings. The van der Waals surface area contributed by atoms with E-state index >= 15 is 0 Å². The summed E-state index contributed by atoms with van der Waals surface area (Å²) in [6.07, 6.45) is 4.01. The van der Waals surface area contributed by atoms with Crippen molar-refractivity contribution < 1.29 is 0 Å². The SMILES string of the molecule is CCCN(CCc1ccccn1)Cc1cccc(N)c1. The number of hydrogen-bond donors (Lipinski definition) is 1. The third-order valence-electron chi connectivity index (χ3n) is 3.31. The van der Waals surface area contributed by atoms with Gasteiger partial charge in [-0.1, -0.05) is 25.1 Å². The number of rotatable bonds is 7. The Morgan fingerprint density at radius 3 is 2.70 bits per heavy atom. The maximum atomic E-state index is 5.84. The lowest BCUT2D eigenvalue weighted by atomic mass is 10.1. The van der Waals surface area contributed by atoms with Crippen LogP contribution >= 0.6 is 0 Å². The molecule has 20 heavy (non-hydrogen) atoms. The third-order valence-corrected chi connectivity index (χ3v) is 3.31. The minimum absolute atomic E-state index is 0.837. The van der Waals surface area contributed by atoms with E-state index in [1.165, 1.54) is 5.56 Å². The van der Waals surface area contributed by atoms with E-state index in [-0.39, 0.29) is 0 Å². The summed E-state index contributed by atoms with van der Waals surface area (Å²) < 4.78 is 0. The summed E-state index contributed by atoms with van der Waals surface area (Å²) in [5.74, 6) is 0. The number of benzene rings is 1. The lowest BCUT2D eigenvalue weighted by Crippen LogP contribution is -2.26. The van der Waals surface area contributed by atoms with Crippen molar-refractivity contribution in [2.45, 2.75) is 26.3 Å². The fourth-order valence-corrected chi connectivity index (χ4v) is 2.35. The smallest absolute Gasteiger partial charge is 0.0416 e. The van der Waals surface area contributed by atoms with Crippen molar-refractivity contribution in [3.8, 4) is 0 Å². The highest BCUT2D eigenvalue weighted by Crippen LogP contribution is 2.10. The van der Waals surface area contributed by atoms with Crippen LogP contribution in [0.25, 0.3) is 0 Å². The predicted molar refractivity (Wildman–Crippen MR) is 84.4 cm³/mol. The zero-order chi connectivity index (χ0) is 14.2. The number of pyridine rings is 1. The molecular formula is C17H23N3. The van der Waals surface area contributed by atoms with Gasteiger partial charge in [-0.05, 0) is 42.8 Å². The van der Waals surface area contributed by atoms with Crippen molar-refractivity contribution in [2.75, 3.05) is 18.8 Å². The lowest BCUT2D eigenvalue weighted by Gasteiger charge is -2.21. The fraction of sp³-hybridized carbons (Fsp3) is 0.353. The molecule has 2 N–H and O–H groups in total. The van der Waals surface area contributed by atoms with Crippen LogP contribution in [0.3, 0.4) is 0 Å².